The van der Waals surface area contributed by atoms with Gasteiger partial charge in [0.1, 0.15) is 12.1 Å². The van der Waals surface area contributed by atoms with E-state index in [1.807, 2.05) is 35.2 Å². The number of nitrogens with zero attached hydrogens (tertiary/aromatic N) is 5. The molecule has 0 spiro atoms. The number of amides is 1. The molecule has 25 heavy (non-hydrogen) atoms. The van der Waals surface area contributed by atoms with Gasteiger partial charge in [0.25, 0.3) is 0 Å². The zero-order valence-corrected chi connectivity index (χ0v) is 13.8. The number of rotatable bonds is 3. The summed E-state index contributed by atoms with van der Waals surface area (Å²) in [6.45, 7) is 1.54. The third kappa shape index (κ3) is 2.84. The molecule has 1 aromatic carbocycles. The first-order chi connectivity index (χ1) is 12.3. The summed E-state index contributed by atoms with van der Waals surface area (Å²) in [5.74, 6) is 1.31. The first kappa shape index (κ1) is 15.3. The van der Waals surface area contributed by atoms with Gasteiger partial charge in [-0.1, -0.05) is 12.1 Å². The van der Waals surface area contributed by atoms with Gasteiger partial charge in [-0.3, -0.25) is 4.79 Å². The lowest BCUT2D eigenvalue weighted by Crippen LogP contribution is -2.51. The van der Waals surface area contributed by atoms with E-state index in [2.05, 4.69) is 15.0 Å². The normalized spacial score (nSPS) is 14.8. The maximum absolute atomic E-state index is 12.7. The maximum Gasteiger partial charge on any atom is 0.246 e. The van der Waals surface area contributed by atoms with Crippen LogP contribution >= 0.6 is 0 Å². The minimum Gasteiger partial charge on any atom is -0.481 e. The number of fused-ring (bicyclic) bond motifs is 1. The van der Waals surface area contributed by atoms with Gasteiger partial charge in [0.05, 0.1) is 24.9 Å². The number of methoxy groups -OCH3 is 1. The van der Waals surface area contributed by atoms with E-state index in [9.17, 15) is 4.79 Å². The van der Waals surface area contributed by atoms with E-state index >= 15 is 0 Å². The number of carbonyl (C=O) groups excluding carboxylic acids is 1. The smallest absolute Gasteiger partial charge is 0.246 e. The third-order valence-corrected chi connectivity index (χ3v) is 4.28. The summed E-state index contributed by atoms with van der Waals surface area (Å²) in [6.07, 6.45) is 3.19. The van der Waals surface area contributed by atoms with Crippen LogP contribution in [0, 0.1) is 0 Å². The molecule has 2 aromatic heterocycles. The number of anilines is 2. The Morgan fingerprint density at radius 2 is 1.96 bits per heavy atom. The van der Waals surface area contributed by atoms with Crippen molar-refractivity contribution in [3.8, 4) is 5.88 Å². The van der Waals surface area contributed by atoms with Crippen molar-refractivity contribution in [3.05, 3.63) is 48.9 Å². The lowest BCUT2D eigenvalue weighted by Gasteiger charge is -2.35. The van der Waals surface area contributed by atoms with E-state index in [0.717, 1.165) is 22.4 Å². The molecule has 3 heterocycles. The van der Waals surface area contributed by atoms with Crippen molar-refractivity contribution in [2.24, 2.45) is 0 Å². The summed E-state index contributed by atoms with van der Waals surface area (Å²) in [7, 11) is 1.56. The lowest BCUT2D eigenvalue weighted by molar-refractivity contribution is -0.117. The van der Waals surface area contributed by atoms with Crippen LogP contribution in [0.1, 0.15) is 0 Å². The van der Waals surface area contributed by atoms with Gasteiger partial charge in [0.2, 0.25) is 11.8 Å². The Bertz CT molecular complexity index is 925. The van der Waals surface area contributed by atoms with Crippen molar-refractivity contribution in [3.63, 3.8) is 0 Å². The minimum atomic E-state index is 0.0159. The topological polar surface area (TPSA) is 71.5 Å². The van der Waals surface area contributed by atoms with Crippen LogP contribution in [0.3, 0.4) is 0 Å². The van der Waals surface area contributed by atoms with Gasteiger partial charge in [-0.25, -0.2) is 15.0 Å². The van der Waals surface area contributed by atoms with Gasteiger partial charge in [0, 0.05) is 30.7 Å². The second-order valence-corrected chi connectivity index (χ2v) is 5.74. The van der Waals surface area contributed by atoms with Crippen LogP contribution < -0.4 is 14.5 Å². The van der Waals surface area contributed by atoms with E-state index in [-0.39, 0.29) is 12.5 Å². The van der Waals surface area contributed by atoms with Crippen molar-refractivity contribution in [2.45, 2.75) is 0 Å². The molecule has 1 aliphatic heterocycles. The molecular formula is C18H17N5O2. The predicted octanol–water partition coefficient (Wildman–Crippen LogP) is 1.89. The summed E-state index contributed by atoms with van der Waals surface area (Å²) in [5, 5.41) is 0.955. The molecule has 0 N–H and O–H groups in total. The van der Waals surface area contributed by atoms with Gasteiger partial charge in [-0.2, -0.15) is 0 Å². The number of benzene rings is 1. The summed E-state index contributed by atoms with van der Waals surface area (Å²) >= 11 is 0. The first-order valence-electron chi connectivity index (χ1n) is 8.01. The number of carbonyl (C=O) groups is 1. The van der Waals surface area contributed by atoms with E-state index < -0.39 is 0 Å². The molecule has 1 fully saturated rings. The van der Waals surface area contributed by atoms with Crippen molar-refractivity contribution >= 4 is 28.3 Å². The molecule has 7 nitrogen and oxygen atoms in total. The van der Waals surface area contributed by atoms with Gasteiger partial charge in [-0.15, -0.1) is 0 Å². The number of ether oxygens (including phenoxy) is 1. The zero-order valence-electron chi connectivity index (χ0n) is 13.8. The standard InChI is InChI=1S/C18H17N5O2/c1-25-16-10-13(6-7-19-16)23-9-8-22(11-17(23)24)18-14-4-2-3-5-15(14)20-12-21-18/h2-7,10,12H,8-9,11H2,1H3. The summed E-state index contributed by atoms with van der Waals surface area (Å²) in [6, 6.07) is 11.4. The van der Waals surface area contributed by atoms with Crippen molar-refractivity contribution in [1.82, 2.24) is 15.0 Å². The SMILES string of the molecule is COc1cc(N2CCN(c3ncnc4ccccc34)CC2=O)ccn1. The Balaban J connectivity index is 1.60. The van der Waals surface area contributed by atoms with Gasteiger partial charge in [0.15, 0.2) is 0 Å². The molecule has 7 heteroatoms. The quantitative estimate of drug-likeness (QED) is 0.728. The number of para-hydroxylation sites is 1. The zero-order chi connectivity index (χ0) is 17.2. The van der Waals surface area contributed by atoms with Crippen molar-refractivity contribution in [2.75, 3.05) is 36.5 Å². The van der Waals surface area contributed by atoms with E-state index in [4.69, 9.17) is 4.74 Å². The van der Waals surface area contributed by atoms with Crippen LogP contribution in [0.5, 0.6) is 5.88 Å². The number of hydrogen-bond acceptors (Lipinski definition) is 6. The Kier molecular flexibility index (Phi) is 3.89. The molecule has 0 unspecified atom stereocenters. The fraction of sp³-hybridized carbons (Fsp3) is 0.222. The first-order valence-corrected chi connectivity index (χ1v) is 8.01. The van der Waals surface area contributed by atoms with Crippen molar-refractivity contribution < 1.29 is 9.53 Å². The highest BCUT2D eigenvalue weighted by Gasteiger charge is 2.27. The molecule has 1 aliphatic rings. The second-order valence-electron chi connectivity index (χ2n) is 5.74. The highest BCUT2D eigenvalue weighted by Crippen LogP contribution is 2.26. The summed E-state index contributed by atoms with van der Waals surface area (Å²) in [5.41, 5.74) is 1.67. The fourth-order valence-corrected chi connectivity index (χ4v) is 3.05. The Morgan fingerprint density at radius 3 is 2.80 bits per heavy atom. The van der Waals surface area contributed by atoms with Crippen LogP contribution in [0.15, 0.2) is 48.9 Å². The summed E-state index contributed by atoms with van der Waals surface area (Å²) < 4.78 is 5.14. The monoisotopic (exact) mass is 335 g/mol. The third-order valence-electron chi connectivity index (χ3n) is 4.28. The van der Waals surface area contributed by atoms with Crippen LogP contribution in [-0.2, 0) is 4.79 Å². The Labute approximate surface area is 144 Å². The molecule has 0 aliphatic carbocycles. The van der Waals surface area contributed by atoms with Gasteiger partial charge >= 0.3 is 0 Å². The van der Waals surface area contributed by atoms with Crippen molar-refractivity contribution in [1.29, 1.82) is 0 Å². The van der Waals surface area contributed by atoms with Crippen LogP contribution in [-0.4, -0.2) is 47.6 Å². The van der Waals surface area contributed by atoms with E-state index in [0.29, 0.717) is 19.0 Å². The Hall–Kier alpha value is -3.22. The van der Waals surface area contributed by atoms with Crippen LogP contribution in [0.4, 0.5) is 11.5 Å². The second kappa shape index (κ2) is 6.35. The molecule has 0 atom stereocenters. The highest BCUT2D eigenvalue weighted by atomic mass is 16.5. The van der Waals surface area contributed by atoms with Gasteiger partial charge < -0.3 is 14.5 Å². The number of pyridine rings is 1. The molecule has 0 radical (unpaired) electrons. The molecule has 0 saturated carbocycles. The Morgan fingerprint density at radius 1 is 1.08 bits per heavy atom. The molecule has 0 bridgehead atoms. The lowest BCUT2D eigenvalue weighted by atomic mass is 10.2. The molecule has 1 saturated heterocycles. The van der Waals surface area contributed by atoms with Crippen LogP contribution in [0.25, 0.3) is 10.9 Å². The van der Waals surface area contributed by atoms with Crippen LogP contribution in [0.2, 0.25) is 0 Å². The van der Waals surface area contributed by atoms with E-state index in [1.165, 1.54) is 0 Å². The molecule has 126 valence electrons. The fourth-order valence-electron chi connectivity index (χ4n) is 3.05. The number of hydrogen-bond donors (Lipinski definition) is 0. The molecule has 1 amide bonds. The molecule has 3 aromatic rings. The number of piperazine rings is 1. The predicted molar refractivity (Wildman–Crippen MR) is 94.9 cm³/mol. The highest BCUT2D eigenvalue weighted by molar-refractivity contribution is 5.99. The maximum atomic E-state index is 12.7. The minimum absolute atomic E-state index is 0.0159. The van der Waals surface area contributed by atoms with Gasteiger partial charge in [-0.05, 0) is 18.2 Å². The average Bonchev–Trinajstić information content (AvgIpc) is 2.67. The molecular weight excluding hydrogens is 318 g/mol. The largest absolute Gasteiger partial charge is 0.481 e. The molecule has 4 rings (SSSR count). The van der Waals surface area contributed by atoms with E-state index in [1.54, 1.807) is 30.6 Å². The summed E-state index contributed by atoms with van der Waals surface area (Å²) in [4.78, 5) is 29.2. The average molecular weight is 335 g/mol. The number of aromatic nitrogens is 3.